The van der Waals surface area contributed by atoms with E-state index in [-0.39, 0.29) is 5.82 Å². The number of nitrogens with one attached hydrogen (secondary N) is 2. The molecule has 2 N–H and O–H groups in total. The van der Waals surface area contributed by atoms with Crippen molar-refractivity contribution in [2.75, 3.05) is 23.7 Å². The molecule has 0 aliphatic carbocycles. The Morgan fingerprint density at radius 2 is 1.65 bits per heavy atom. The molecule has 0 unspecified atom stereocenters. The summed E-state index contributed by atoms with van der Waals surface area (Å²) in [6, 6.07) is 12.7. The Morgan fingerprint density at radius 3 is 2.35 bits per heavy atom. The van der Waals surface area contributed by atoms with Crippen molar-refractivity contribution in [1.82, 2.24) is 4.98 Å². The summed E-state index contributed by atoms with van der Waals surface area (Å²) in [5, 5.41) is 6.46. The third-order valence-corrected chi connectivity index (χ3v) is 2.96. The van der Waals surface area contributed by atoms with Gasteiger partial charge in [0.05, 0.1) is 0 Å². The third-order valence-electron chi connectivity index (χ3n) is 2.96. The van der Waals surface area contributed by atoms with E-state index < -0.39 is 0 Å². The number of hydrogen-bond acceptors (Lipinski definition) is 3. The minimum Gasteiger partial charge on any atom is -0.370 e. The lowest BCUT2D eigenvalue weighted by molar-refractivity contribution is 0.610. The molecule has 1 aromatic carbocycles. The smallest absolute Gasteiger partial charge is 0.128 e. The van der Waals surface area contributed by atoms with Gasteiger partial charge in [0.1, 0.15) is 17.5 Å². The molecule has 0 bridgehead atoms. The fourth-order valence-electron chi connectivity index (χ4n) is 1.91. The maximum Gasteiger partial charge on any atom is 0.128 e. The molecule has 4 heteroatoms. The summed E-state index contributed by atoms with van der Waals surface area (Å²) in [5.41, 5.74) is 0.722. The second kappa shape index (κ2) is 7.48. The first kappa shape index (κ1) is 14.3. The SMILES string of the molecule is CCCNc1cccc(NCCc2ccccc2F)n1. The summed E-state index contributed by atoms with van der Waals surface area (Å²) in [5.74, 6) is 1.52. The van der Waals surface area contributed by atoms with E-state index in [2.05, 4.69) is 22.5 Å². The van der Waals surface area contributed by atoms with Gasteiger partial charge in [-0.05, 0) is 36.6 Å². The average Bonchev–Trinajstić information content (AvgIpc) is 2.48. The van der Waals surface area contributed by atoms with E-state index in [4.69, 9.17) is 0 Å². The molecule has 0 fully saturated rings. The maximum atomic E-state index is 13.5. The summed E-state index contributed by atoms with van der Waals surface area (Å²) >= 11 is 0. The molecule has 0 saturated carbocycles. The highest BCUT2D eigenvalue weighted by atomic mass is 19.1. The summed E-state index contributed by atoms with van der Waals surface area (Å²) in [4.78, 5) is 4.45. The molecule has 106 valence electrons. The number of pyridine rings is 1. The molecule has 0 spiro atoms. The van der Waals surface area contributed by atoms with Crippen molar-refractivity contribution in [2.45, 2.75) is 19.8 Å². The van der Waals surface area contributed by atoms with Crippen molar-refractivity contribution in [2.24, 2.45) is 0 Å². The van der Waals surface area contributed by atoms with Gasteiger partial charge in [0.15, 0.2) is 0 Å². The summed E-state index contributed by atoms with van der Waals surface area (Å²) in [6.45, 7) is 3.68. The second-order valence-corrected chi connectivity index (χ2v) is 4.60. The van der Waals surface area contributed by atoms with Crippen molar-refractivity contribution in [3.8, 4) is 0 Å². The molecule has 2 aromatic rings. The fourth-order valence-corrected chi connectivity index (χ4v) is 1.91. The number of hydrogen-bond donors (Lipinski definition) is 2. The zero-order valence-electron chi connectivity index (χ0n) is 11.7. The highest BCUT2D eigenvalue weighted by Crippen LogP contribution is 2.11. The van der Waals surface area contributed by atoms with Crippen molar-refractivity contribution < 1.29 is 4.39 Å². The van der Waals surface area contributed by atoms with E-state index in [0.717, 1.165) is 30.2 Å². The number of aromatic nitrogens is 1. The molecule has 0 radical (unpaired) electrons. The molecule has 20 heavy (non-hydrogen) atoms. The quantitative estimate of drug-likeness (QED) is 0.807. The first-order chi connectivity index (χ1) is 9.79. The Balaban J connectivity index is 1.86. The number of rotatable bonds is 7. The van der Waals surface area contributed by atoms with Gasteiger partial charge in [-0.15, -0.1) is 0 Å². The minimum absolute atomic E-state index is 0.152. The van der Waals surface area contributed by atoms with Crippen molar-refractivity contribution in [1.29, 1.82) is 0 Å². The molecule has 0 saturated heterocycles. The molecule has 1 heterocycles. The topological polar surface area (TPSA) is 37.0 Å². The first-order valence-electron chi connectivity index (χ1n) is 6.98. The Bertz CT molecular complexity index is 543. The van der Waals surface area contributed by atoms with Crippen LogP contribution >= 0.6 is 0 Å². The van der Waals surface area contributed by atoms with Crippen LogP contribution in [0.3, 0.4) is 0 Å². The number of halogens is 1. The molecule has 3 nitrogen and oxygen atoms in total. The van der Waals surface area contributed by atoms with Crippen LogP contribution < -0.4 is 10.6 Å². The van der Waals surface area contributed by atoms with Gasteiger partial charge in [0, 0.05) is 13.1 Å². The standard InChI is InChI=1S/C16H20FN3/c1-2-11-18-15-8-5-9-16(20-15)19-12-10-13-6-3-4-7-14(13)17/h3-9H,2,10-12H2,1H3,(H2,18,19,20). The van der Waals surface area contributed by atoms with Gasteiger partial charge in [-0.2, -0.15) is 0 Å². The van der Waals surface area contributed by atoms with E-state index in [1.807, 2.05) is 30.3 Å². The Morgan fingerprint density at radius 1 is 0.950 bits per heavy atom. The molecule has 1 aromatic heterocycles. The van der Waals surface area contributed by atoms with Gasteiger partial charge in [-0.1, -0.05) is 31.2 Å². The van der Waals surface area contributed by atoms with Crippen LogP contribution in [0.25, 0.3) is 0 Å². The predicted octanol–water partition coefficient (Wildman–Crippen LogP) is 3.70. The van der Waals surface area contributed by atoms with E-state index in [0.29, 0.717) is 13.0 Å². The van der Waals surface area contributed by atoms with Crippen LogP contribution in [-0.4, -0.2) is 18.1 Å². The molecule has 0 aliphatic heterocycles. The predicted molar refractivity (Wildman–Crippen MR) is 81.6 cm³/mol. The number of nitrogens with zero attached hydrogens (tertiary/aromatic N) is 1. The lowest BCUT2D eigenvalue weighted by atomic mass is 10.1. The van der Waals surface area contributed by atoms with Crippen LogP contribution in [0.1, 0.15) is 18.9 Å². The van der Waals surface area contributed by atoms with Crippen LogP contribution in [0.15, 0.2) is 42.5 Å². The lowest BCUT2D eigenvalue weighted by Gasteiger charge is -2.09. The molecule has 0 amide bonds. The van der Waals surface area contributed by atoms with Crippen molar-refractivity contribution in [3.05, 3.63) is 53.8 Å². The number of benzene rings is 1. The van der Waals surface area contributed by atoms with Gasteiger partial charge in [0.25, 0.3) is 0 Å². The van der Waals surface area contributed by atoms with Gasteiger partial charge < -0.3 is 10.6 Å². The minimum atomic E-state index is -0.152. The van der Waals surface area contributed by atoms with E-state index in [1.54, 1.807) is 6.07 Å². The van der Waals surface area contributed by atoms with Gasteiger partial charge in [-0.3, -0.25) is 0 Å². The Kier molecular flexibility index (Phi) is 5.35. The fraction of sp³-hybridized carbons (Fsp3) is 0.312. The van der Waals surface area contributed by atoms with Crippen LogP contribution in [0, 0.1) is 5.82 Å². The zero-order valence-corrected chi connectivity index (χ0v) is 11.7. The van der Waals surface area contributed by atoms with E-state index in [1.165, 1.54) is 6.07 Å². The molecule has 2 rings (SSSR count). The van der Waals surface area contributed by atoms with Gasteiger partial charge >= 0.3 is 0 Å². The molecule has 0 aliphatic rings. The maximum absolute atomic E-state index is 13.5. The summed E-state index contributed by atoms with van der Waals surface area (Å²) in [6.07, 6.45) is 1.70. The molecular weight excluding hydrogens is 253 g/mol. The van der Waals surface area contributed by atoms with Crippen LogP contribution in [0.5, 0.6) is 0 Å². The Hall–Kier alpha value is -2.10. The van der Waals surface area contributed by atoms with Gasteiger partial charge in [0.2, 0.25) is 0 Å². The molecular formula is C16H20FN3. The third kappa shape index (κ3) is 4.23. The zero-order chi connectivity index (χ0) is 14.2. The van der Waals surface area contributed by atoms with E-state index >= 15 is 0 Å². The lowest BCUT2D eigenvalue weighted by Crippen LogP contribution is -2.09. The molecule has 0 atom stereocenters. The normalized spacial score (nSPS) is 10.3. The van der Waals surface area contributed by atoms with E-state index in [9.17, 15) is 4.39 Å². The van der Waals surface area contributed by atoms with Gasteiger partial charge in [-0.25, -0.2) is 9.37 Å². The summed E-state index contributed by atoms with van der Waals surface area (Å²) < 4.78 is 13.5. The largest absolute Gasteiger partial charge is 0.370 e. The second-order valence-electron chi connectivity index (χ2n) is 4.60. The highest BCUT2D eigenvalue weighted by molar-refractivity contribution is 5.45. The average molecular weight is 273 g/mol. The van der Waals surface area contributed by atoms with Crippen LogP contribution in [0.4, 0.5) is 16.0 Å². The summed E-state index contributed by atoms with van der Waals surface area (Å²) in [7, 11) is 0. The van der Waals surface area contributed by atoms with Crippen LogP contribution in [0.2, 0.25) is 0 Å². The van der Waals surface area contributed by atoms with Crippen LogP contribution in [-0.2, 0) is 6.42 Å². The first-order valence-corrected chi connectivity index (χ1v) is 6.98. The highest BCUT2D eigenvalue weighted by Gasteiger charge is 2.01. The van der Waals surface area contributed by atoms with Crippen molar-refractivity contribution in [3.63, 3.8) is 0 Å². The Labute approximate surface area is 119 Å². The van der Waals surface area contributed by atoms with Crippen molar-refractivity contribution >= 4 is 11.6 Å². The number of anilines is 2. The monoisotopic (exact) mass is 273 g/mol.